The summed E-state index contributed by atoms with van der Waals surface area (Å²) in [4.78, 5) is 6.81. The predicted molar refractivity (Wildman–Crippen MR) is 54.2 cm³/mol. The Morgan fingerprint density at radius 2 is 2.58 bits per heavy atom. The van der Waals surface area contributed by atoms with Crippen molar-refractivity contribution in [2.24, 2.45) is 0 Å². The zero-order valence-corrected chi connectivity index (χ0v) is 8.10. The minimum absolute atomic E-state index is 1.04. The van der Waals surface area contributed by atoms with Gasteiger partial charge in [0.05, 0.1) is 6.33 Å². The molecule has 1 aliphatic rings. The third kappa shape index (κ3) is 3.62. The van der Waals surface area contributed by atoms with E-state index in [-0.39, 0.29) is 0 Å². The first-order valence-corrected chi connectivity index (χ1v) is 5.22. The lowest BCUT2D eigenvalue weighted by atomic mass is 10.4. The molecular formula is C9H14N2S. The fourth-order valence-electron chi connectivity index (χ4n) is 0.818. The number of nitrogens with zero attached hydrogens (tertiary/aromatic N) is 1. The van der Waals surface area contributed by atoms with Gasteiger partial charge in [0.15, 0.2) is 0 Å². The van der Waals surface area contributed by atoms with Gasteiger partial charge in [0, 0.05) is 17.6 Å². The highest BCUT2D eigenvalue weighted by molar-refractivity contribution is 8.02. The van der Waals surface area contributed by atoms with Crippen molar-refractivity contribution in [1.29, 1.82) is 0 Å². The summed E-state index contributed by atoms with van der Waals surface area (Å²) < 4.78 is 0. The van der Waals surface area contributed by atoms with E-state index in [1.807, 2.05) is 18.0 Å². The molecule has 0 radical (unpaired) electrons. The van der Waals surface area contributed by atoms with Crippen LogP contribution in [-0.4, -0.2) is 15.7 Å². The number of aromatic amines is 1. The molecule has 1 aliphatic heterocycles. The standard InChI is InChI=1S/C5H8N2.C4H6S/c1-2-5-3-6-4-7-5;1-2-4-5-3-1/h3-4H,2H2,1H3,(H,6,7);1,3H,2,4H2. The number of aromatic nitrogens is 2. The molecule has 0 spiro atoms. The summed E-state index contributed by atoms with van der Waals surface area (Å²) in [6.45, 7) is 2.09. The van der Waals surface area contributed by atoms with Crippen LogP contribution < -0.4 is 0 Å². The van der Waals surface area contributed by atoms with Crippen LogP contribution in [0.1, 0.15) is 19.0 Å². The average Bonchev–Trinajstić information content (AvgIpc) is 2.81. The topological polar surface area (TPSA) is 28.7 Å². The molecule has 0 bridgehead atoms. The molecule has 3 heteroatoms. The van der Waals surface area contributed by atoms with E-state index in [9.17, 15) is 0 Å². The van der Waals surface area contributed by atoms with E-state index in [2.05, 4.69) is 28.4 Å². The van der Waals surface area contributed by atoms with E-state index in [4.69, 9.17) is 0 Å². The van der Waals surface area contributed by atoms with E-state index in [1.165, 1.54) is 17.9 Å². The van der Waals surface area contributed by atoms with Crippen molar-refractivity contribution in [3.8, 4) is 0 Å². The minimum Gasteiger partial charge on any atom is -0.349 e. The first kappa shape index (κ1) is 9.39. The fraction of sp³-hybridized carbons (Fsp3) is 0.444. The highest BCUT2D eigenvalue weighted by Gasteiger charge is 1.85. The second-order valence-electron chi connectivity index (χ2n) is 2.46. The van der Waals surface area contributed by atoms with Crippen LogP contribution in [0.2, 0.25) is 0 Å². The Bertz CT molecular complexity index is 210. The summed E-state index contributed by atoms with van der Waals surface area (Å²) >= 11 is 1.89. The van der Waals surface area contributed by atoms with Crippen molar-refractivity contribution in [3.63, 3.8) is 0 Å². The smallest absolute Gasteiger partial charge is 0.0921 e. The van der Waals surface area contributed by atoms with Gasteiger partial charge in [-0.2, -0.15) is 0 Å². The van der Waals surface area contributed by atoms with Crippen LogP contribution in [0.25, 0.3) is 0 Å². The molecule has 1 aromatic rings. The van der Waals surface area contributed by atoms with Gasteiger partial charge in [-0.1, -0.05) is 13.0 Å². The Balaban J connectivity index is 0.000000127. The molecule has 2 nitrogen and oxygen atoms in total. The van der Waals surface area contributed by atoms with Crippen LogP contribution in [0, 0.1) is 0 Å². The van der Waals surface area contributed by atoms with Crippen molar-refractivity contribution in [2.75, 3.05) is 5.75 Å². The first-order chi connectivity index (χ1) is 5.93. The molecular weight excluding hydrogens is 168 g/mol. The Labute approximate surface area is 77.5 Å². The fourth-order valence-corrected chi connectivity index (χ4v) is 1.50. The monoisotopic (exact) mass is 182 g/mol. The second kappa shape index (κ2) is 5.89. The molecule has 0 atom stereocenters. The van der Waals surface area contributed by atoms with Gasteiger partial charge in [-0.25, -0.2) is 4.98 Å². The molecule has 2 rings (SSSR count). The highest BCUT2D eigenvalue weighted by Crippen LogP contribution is 2.11. The summed E-state index contributed by atoms with van der Waals surface area (Å²) in [5, 5.41) is 2.15. The lowest BCUT2D eigenvalue weighted by Crippen LogP contribution is -1.73. The molecule has 66 valence electrons. The molecule has 0 aromatic carbocycles. The van der Waals surface area contributed by atoms with E-state index in [1.54, 1.807) is 6.33 Å². The molecule has 0 amide bonds. The summed E-state index contributed by atoms with van der Waals surface area (Å²) in [7, 11) is 0. The van der Waals surface area contributed by atoms with Crippen molar-refractivity contribution >= 4 is 11.8 Å². The summed E-state index contributed by atoms with van der Waals surface area (Å²) in [6, 6.07) is 0. The number of thioether (sulfide) groups is 1. The Hall–Kier alpha value is -0.700. The van der Waals surface area contributed by atoms with E-state index >= 15 is 0 Å². The van der Waals surface area contributed by atoms with Crippen molar-refractivity contribution < 1.29 is 0 Å². The molecule has 0 unspecified atom stereocenters. The van der Waals surface area contributed by atoms with Gasteiger partial charge in [0.2, 0.25) is 0 Å². The van der Waals surface area contributed by atoms with Gasteiger partial charge in [0.1, 0.15) is 0 Å². The maximum atomic E-state index is 3.84. The van der Waals surface area contributed by atoms with Gasteiger partial charge in [-0.3, -0.25) is 0 Å². The second-order valence-corrected chi connectivity index (χ2v) is 3.48. The molecule has 0 fully saturated rings. The molecule has 2 heterocycles. The molecule has 1 N–H and O–H groups in total. The summed E-state index contributed by atoms with van der Waals surface area (Å²) in [6.07, 6.45) is 8.05. The lowest BCUT2D eigenvalue weighted by Gasteiger charge is -1.79. The third-order valence-electron chi connectivity index (χ3n) is 1.53. The van der Waals surface area contributed by atoms with Crippen LogP contribution in [0.4, 0.5) is 0 Å². The molecule has 0 saturated carbocycles. The Morgan fingerprint density at radius 3 is 2.83 bits per heavy atom. The lowest BCUT2D eigenvalue weighted by molar-refractivity contribution is 1.06. The number of allylic oxidation sites excluding steroid dienone is 1. The first-order valence-electron chi connectivity index (χ1n) is 4.17. The van der Waals surface area contributed by atoms with Gasteiger partial charge >= 0.3 is 0 Å². The van der Waals surface area contributed by atoms with Crippen LogP contribution in [-0.2, 0) is 6.42 Å². The third-order valence-corrected chi connectivity index (χ3v) is 2.39. The number of rotatable bonds is 1. The van der Waals surface area contributed by atoms with Crippen LogP contribution >= 0.6 is 11.8 Å². The molecule has 12 heavy (non-hydrogen) atoms. The highest BCUT2D eigenvalue weighted by atomic mass is 32.2. The maximum Gasteiger partial charge on any atom is 0.0921 e. The number of nitrogens with one attached hydrogen (secondary N) is 1. The van der Waals surface area contributed by atoms with Crippen molar-refractivity contribution in [1.82, 2.24) is 9.97 Å². The van der Waals surface area contributed by atoms with Crippen molar-refractivity contribution in [2.45, 2.75) is 19.8 Å². The number of hydrogen-bond acceptors (Lipinski definition) is 2. The van der Waals surface area contributed by atoms with Crippen LogP contribution in [0.3, 0.4) is 0 Å². The maximum absolute atomic E-state index is 3.84. The zero-order valence-electron chi connectivity index (χ0n) is 7.29. The molecule has 0 saturated heterocycles. The Kier molecular flexibility index (Phi) is 4.61. The van der Waals surface area contributed by atoms with Crippen LogP contribution in [0.15, 0.2) is 24.0 Å². The van der Waals surface area contributed by atoms with E-state index < -0.39 is 0 Å². The largest absolute Gasteiger partial charge is 0.349 e. The number of hydrogen-bond donors (Lipinski definition) is 1. The van der Waals surface area contributed by atoms with Gasteiger partial charge in [-0.15, -0.1) is 11.8 Å². The number of aryl methyl sites for hydroxylation is 1. The zero-order chi connectivity index (χ0) is 8.65. The van der Waals surface area contributed by atoms with Gasteiger partial charge < -0.3 is 4.98 Å². The minimum atomic E-state index is 1.04. The average molecular weight is 182 g/mol. The Morgan fingerprint density at radius 1 is 1.67 bits per heavy atom. The van der Waals surface area contributed by atoms with Crippen LogP contribution in [0.5, 0.6) is 0 Å². The predicted octanol–water partition coefficient (Wildman–Crippen LogP) is 2.61. The quantitative estimate of drug-likeness (QED) is 0.723. The normalized spacial score (nSPS) is 14.1. The summed E-state index contributed by atoms with van der Waals surface area (Å²) in [5.41, 5.74) is 1.19. The molecule has 0 aliphatic carbocycles. The van der Waals surface area contributed by atoms with E-state index in [0.29, 0.717) is 0 Å². The van der Waals surface area contributed by atoms with Gasteiger partial charge in [0.25, 0.3) is 0 Å². The van der Waals surface area contributed by atoms with E-state index in [0.717, 1.165) is 6.42 Å². The number of imidazole rings is 1. The molecule has 1 aromatic heterocycles. The van der Waals surface area contributed by atoms with Gasteiger partial charge in [-0.05, 0) is 18.2 Å². The number of H-pyrrole nitrogens is 1. The SMILES string of the molecule is C1=CSCC1.CCc1cnc[nH]1. The van der Waals surface area contributed by atoms with Crippen molar-refractivity contribution in [3.05, 3.63) is 29.7 Å². The summed E-state index contributed by atoms with van der Waals surface area (Å²) in [5.74, 6) is 1.31.